The lowest BCUT2D eigenvalue weighted by molar-refractivity contribution is -0.00830. The van der Waals surface area contributed by atoms with Crippen LogP contribution in [0.25, 0.3) is 10.9 Å². The molecule has 0 unspecified atom stereocenters. The van der Waals surface area contributed by atoms with Gasteiger partial charge in [0, 0.05) is 31.6 Å². The molecule has 0 spiro atoms. The van der Waals surface area contributed by atoms with Crippen molar-refractivity contribution in [3.63, 3.8) is 0 Å². The Morgan fingerprint density at radius 2 is 1.82 bits per heavy atom. The quantitative estimate of drug-likeness (QED) is 0.780. The van der Waals surface area contributed by atoms with Crippen molar-refractivity contribution in [1.29, 1.82) is 0 Å². The van der Waals surface area contributed by atoms with E-state index in [-0.39, 0.29) is 19.7 Å². The number of nitrogens with zero attached hydrogens (tertiary/aromatic N) is 3. The predicted molar refractivity (Wildman–Crippen MR) is 102 cm³/mol. The number of carbonyl (C=O) groups excluding carboxylic acids is 1. The van der Waals surface area contributed by atoms with Gasteiger partial charge in [0.05, 0.1) is 36.6 Å². The van der Waals surface area contributed by atoms with E-state index in [4.69, 9.17) is 15.2 Å². The Kier molecular flexibility index (Phi) is 5.30. The van der Waals surface area contributed by atoms with Crippen LogP contribution in [-0.2, 0) is 19.7 Å². The zero-order valence-corrected chi connectivity index (χ0v) is 16.1. The highest BCUT2D eigenvalue weighted by Gasteiger charge is 2.36. The van der Waals surface area contributed by atoms with Crippen LogP contribution < -0.4 is 5.73 Å². The lowest BCUT2D eigenvalue weighted by atomic mass is 10.0. The number of pyridine rings is 1. The molecule has 0 aliphatic carbocycles. The number of amides is 1. The fraction of sp³-hybridized carbons (Fsp3) is 0.444. The zero-order valence-electron chi connectivity index (χ0n) is 15.3. The Morgan fingerprint density at radius 1 is 1.11 bits per heavy atom. The topological polar surface area (TPSA) is 115 Å². The SMILES string of the molecule is NC(=O)c1cc([C@@H]2CN(S(=O)(=O)N3CCOCC3)CCO2)nc2ccccc12. The van der Waals surface area contributed by atoms with Gasteiger partial charge in [-0.15, -0.1) is 0 Å². The van der Waals surface area contributed by atoms with Crippen LogP contribution >= 0.6 is 0 Å². The summed E-state index contributed by atoms with van der Waals surface area (Å²) in [6.07, 6.45) is -0.577. The van der Waals surface area contributed by atoms with E-state index in [2.05, 4.69) is 4.98 Å². The van der Waals surface area contributed by atoms with Gasteiger partial charge in [-0.05, 0) is 12.1 Å². The van der Waals surface area contributed by atoms with Crippen LogP contribution in [0.4, 0.5) is 0 Å². The third-order valence-corrected chi connectivity index (χ3v) is 6.99. The van der Waals surface area contributed by atoms with Crippen LogP contribution in [0.2, 0.25) is 0 Å². The van der Waals surface area contributed by atoms with Gasteiger partial charge in [0.1, 0.15) is 6.10 Å². The molecule has 4 rings (SSSR count). The number of fused-ring (bicyclic) bond motifs is 1. The molecule has 28 heavy (non-hydrogen) atoms. The Labute approximate surface area is 163 Å². The lowest BCUT2D eigenvalue weighted by Gasteiger charge is -2.36. The molecule has 1 amide bonds. The van der Waals surface area contributed by atoms with Crippen LogP contribution in [0.5, 0.6) is 0 Å². The van der Waals surface area contributed by atoms with Crippen molar-refractivity contribution >= 4 is 27.0 Å². The molecule has 1 aromatic carbocycles. The van der Waals surface area contributed by atoms with Gasteiger partial charge in [-0.1, -0.05) is 18.2 Å². The minimum Gasteiger partial charge on any atom is -0.379 e. The molecule has 1 atom stereocenters. The highest BCUT2D eigenvalue weighted by Crippen LogP contribution is 2.27. The Hall–Kier alpha value is -2.11. The molecule has 0 radical (unpaired) electrons. The number of para-hydroxylation sites is 1. The number of nitrogens with two attached hydrogens (primary N) is 1. The number of morpholine rings is 2. The summed E-state index contributed by atoms with van der Waals surface area (Å²) in [5, 5.41) is 0.660. The van der Waals surface area contributed by atoms with Crippen LogP contribution in [-0.4, -0.2) is 73.9 Å². The van der Waals surface area contributed by atoms with E-state index in [0.717, 1.165) is 0 Å². The third kappa shape index (κ3) is 3.61. The number of hydrogen-bond donors (Lipinski definition) is 1. The maximum atomic E-state index is 13.0. The van der Waals surface area contributed by atoms with Crippen molar-refractivity contribution in [1.82, 2.24) is 13.6 Å². The van der Waals surface area contributed by atoms with Crippen LogP contribution in [0.15, 0.2) is 30.3 Å². The first-order chi connectivity index (χ1) is 13.5. The summed E-state index contributed by atoms with van der Waals surface area (Å²) in [6, 6.07) is 8.80. The van der Waals surface area contributed by atoms with Crippen molar-refractivity contribution in [2.45, 2.75) is 6.10 Å². The normalized spacial score (nSPS) is 22.4. The van der Waals surface area contributed by atoms with Gasteiger partial charge in [0.15, 0.2) is 0 Å². The smallest absolute Gasteiger partial charge is 0.282 e. The molecular weight excluding hydrogens is 384 g/mol. The third-order valence-electron chi connectivity index (χ3n) is 4.98. The number of benzene rings is 1. The van der Waals surface area contributed by atoms with Crippen molar-refractivity contribution in [3.05, 3.63) is 41.6 Å². The number of rotatable bonds is 4. The molecule has 2 aromatic rings. The van der Waals surface area contributed by atoms with E-state index in [1.165, 1.54) is 8.61 Å². The predicted octanol–water partition coefficient (Wildman–Crippen LogP) is 0.284. The minimum atomic E-state index is -3.61. The van der Waals surface area contributed by atoms with E-state index < -0.39 is 22.2 Å². The first-order valence-corrected chi connectivity index (χ1v) is 10.5. The van der Waals surface area contributed by atoms with Crippen molar-refractivity contribution < 1.29 is 22.7 Å². The molecule has 9 nitrogen and oxygen atoms in total. The molecule has 1 aromatic heterocycles. The van der Waals surface area contributed by atoms with E-state index in [1.807, 2.05) is 12.1 Å². The van der Waals surface area contributed by atoms with E-state index in [1.54, 1.807) is 18.2 Å². The minimum absolute atomic E-state index is 0.128. The molecule has 2 saturated heterocycles. The largest absolute Gasteiger partial charge is 0.379 e. The highest BCUT2D eigenvalue weighted by molar-refractivity contribution is 7.86. The molecule has 0 saturated carbocycles. The first-order valence-electron chi connectivity index (χ1n) is 9.11. The molecule has 10 heteroatoms. The summed E-state index contributed by atoms with van der Waals surface area (Å²) >= 11 is 0. The number of carbonyl (C=O) groups is 1. The van der Waals surface area contributed by atoms with E-state index in [0.29, 0.717) is 48.5 Å². The maximum Gasteiger partial charge on any atom is 0.282 e. The Morgan fingerprint density at radius 3 is 2.57 bits per heavy atom. The second-order valence-electron chi connectivity index (χ2n) is 6.71. The molecule has 3 heterocycles. The van der Waals surface area contributed by atoms with E-state index >= 15 is 0 Å². The molecule has 2 fully saturated rings. The zero-order chi connectivity index (χ0) is 19.7. The van der Waals surface area contributed by atoms with Crippen LogP contribution in [0.1, 0.15) is 22.2 Å². The Balaban J connectivity index is 1.64. The second-order valence-corrected chi connectivity index (χ2v) is 8.64. The number of primary amides is 1. The van der Waals surface area contributed by atoms with Gasteiger partial charge < -0.3 is 15.2 Å². The average molecular weight is 406 g/mol. The van der Waals surface area contributed by atoms with E-state index in [9.17, 15) is 13.2 Å². The van der Waals surface area contributed by atoms with Crippen molar-refractivity contribution in [2.75, 3.05) is 46.0 Å². The molecule has 150 valence electrons. The monoisotopic (exact) mass is 406 g/mol. The molecule has 2 aliphatic heterocycles. The van der Waals surface area contributed by atoms with Crippen LogP contribution in [0.3, 0.4) is 0 Å². The summed E-state index contributed by atoms with van der Waals surface area (Å²) in [7, 11) is -3.61. The second kappa shape index (κ2) is 7.72. The fourth-order valence-corrected chi connectivity index (χ4v) is 5.09. The number of hydrogen-bond acceptors (Lipinski definition) is 6. The summed E-state index contributed by atoms with van der Waals surface area (Å²) in [5.41, 5.74) is 7.00. The van der Waals surface area contributed by atoms with Gasteiger partial charge in [0.25, 0.3) is 10.2 Å². The van der Waals surface area contributed by atoms with Gasteiger partial charge in [-0.2, -0.15) is 17.0 Å². The van der Waals surface area contributed by atoms with Gasteiger partial charge in [-0.3, -0.25) is 4.79 Å². The molecule has 0 bridgehead atoms. The number of ether oxygens (including phenoxy) is 2. The maximum absolute atomic E-state index is 13.0. The summed E-state index contributed by atoms with van der Waals surface area (Å²) < 4.78 is 39.8. The van der Waals surface area contributed by atoms with Gasteiger partial charge in [-0.25, -0.2) is 4.98 Å². The van der Waals surface area contributed by atoms with Gasteiger partial charge in [0.2, 0.25) is 5.91 Å². The Bertz CT molecular complexity index is 991. The summed E-state index contributed by atoms with van der Waals surface area (Å²) in [6.45, 7) is 2.10. The summed E-state index contributed by atoms with van der Waals surface area (Å²) in [4.78, 5) is 16.5. The average Bonchev–Trinajstić information content (AvgIpc) is 2.73. The lowest BCUT2D eigenvalue weighted by Crippen LogP contribution is -2.52. The molecule has 2 N–H and O–H groups in total. The highest BCUT2D eigenvalue weighted by atomic mass is 32.2. The first kappa shape index (κ1) is 19.2. The van der Waals surface area contributed by atoms with Crippen molar-refractivity contribution in [2.24, 2.45) is 5.73 Å². The fourth-order valence-electron chi connectivity index (χ4n) is 3.52. The van der Waals surface area contributed by atoms with Crippen LogP contribution in [0, 0.1) is 0 Å². The number of aromatic nitrogens is 1. The van der Waals surface area contributed by atoms with Crippen molar-refractivity contribution in [3.8, 4) is 0 Å². The molecule has 2 aliphatic rings. The molecular formula is C18H22N4O5S. The summed E-state index contributed by atoms with van der Waals surface area (Å²) in [5.74, 6) is -0.562. The van der Waals surface area contributed by atoms with Gasteiger partial charge >= 0.3 is 0 Å². The standard InChI is InChI=1S/C18H22N4O5S/c19-18(23)14-11-16(20-15-4-2-1-3-13(14)15)17-12-22(7-10-27-17)28(24,25)21-5-8-26-9-6-21/h1-4,11,17H,5-10,12H2,(H2,19,23)/t17-/m0/s1.